The molecule has 1 amide bonds. The molecule has 0 aliphatic carbocycles. The van der Waals surface area contributed by atoms with Gasteiger partial charge in [0.05, 0.1) is 7.11 Å². The maximum Gasteiger partial charge on any atom is 0.261 e. The van der Waals surface area contributed by atoms with Crippen molar-refractivity contribution in [3.8, 4) is 5.75 Å². The number of nitrogens with one attached hydrogen (secondary N) is 1. The van der Waals surface area contributed by atoms with Crippen LogP contribution in [0.5, 0.6) is 5.75 Å². The van der Waals surface area contributed by atoms with Crippen molar-refractivity contribution in [3.05, 3.63) is 54.1 Å². The van der Waals surface area contributed by atoms with Gasteiger partial charge in [-0.05, 0) is 24.3 Å². The number of rotatable bonds is 3. The Labute approximate surface area is 105 Å². The molecule has 2 aromatic rings. The summed E-state index contributed by atoms with van der Waals surface area (Å²) >= 11 is 0. The van der Waals surface area contributed by atoms with E-state index in [1.54, 1.807) is 18.2 Å². The van der Waals surface area contributed by atoms with Crippen molar-refractivity contribution in [1.82, 2.24) is 0 Å². The van der Waals surface area contributed by atoms with Gasteiger partial charge in [-0.25, -0.2) is 0 Å². The highest BCUT2D eigenvalue weighted by atomic mass is 16.5. The average Bonchev–Trinajstić information content (AvgIpc) is 2.39. The standard InChI is InChI=1S/C14H14N2O2/c1-18-12-9-5-8-11(15)13(12)14(17)16-10-6-3-2-4-7-10/h2-9H,15H2,1H3,(H,16,17). The van der Waals surface area contributed by atoms with Gasteiger partial charge in [-0.2, -0.15) is 0 Å². The molecule has 0 heterocycles. The zero-order chi connectivity index (χ0) is 13.0. The van der Waals surface area contributed by atoms with Crippen molar-refractivity contribution in [2.75, 3.05) is 18.2 Å². The van der Waals surface area contributed by atoms with Crippen LogP contribution in [0, 0.1) is 0 Å². The molecule has 0 atom stereocenters. The number of anilines is 2. The third-order valence-corrected chi connectivity index (χ3v) is 2.54. The number of amides is 1. The summed E-state index contributed by atoms with van der Waals surface area (Å²) < 4.78 is 5.14. The van der Waals surface area contributed by atoms with Gasteiger partial charge in [0.2, 0.25) is 0 Å². The van der Waals surface area contributed by atoms with Gasteiger partial charge in [0.15, 0.2) is 0 Å². The Morgan fingerprint density at radius 1 is 1.11 bits per heavy atom. The van der Waals surface area contributed by atoms with Crippen LogP contribution in [-0.4, -0.2) is 13.0 Å². The number of hydrogen-bond donors (Lipinski definition) is 2. The van der Waals surface area contributed by atoms with Gasteiger partial charge >= 0.3 is 0 Å². The summed E-state index contributed by atoms with van der Waals surface area (Å²) in [5.74, 6) is 0.180. The molecule has 4 heteroatoms. The second kappa shape index (κ2) is 5.23. The molecular formula is C14H14N2O2. The molecule has 3 N–H and O–H groups in total. The summed E-state index contributed by atoms with van der Waals surface area (Å²) in [7, 11) is 1.51. The first-order valence-electron chi connectivity index (χ1n) is 5.51. The van der Waals surface area contributed by atoms with Crippen LogP contribution in [0.4, 0.5) is 11.4 Å². The van der Waals surface area contributed by atoms with Gasteiger partial charge in [0.1, 0.15) is 11.3 Å². The van der Waals surface area contributed by atoms with E-state index in [2.05, 4.69) is 5.32 Å². The van der Waals surface area contributed by atoms with E-state index in [0.717, 1.165) is 0 Å². The Bertz CT molecular complexity index is 553. The number of carbonyl (C=O) groups excluding carboxylic acids is 1. The predicted molar refractivity (Wildman–Crippen MR) is 71.8 cm³/mol. The van der Waals surface area contributed by atoms with Crippen LogP contribution >= 0.6 is 0 Å². The fraction of sp³-hybridized carbons (Fsp3) is 0.0714. The van der Waals surface area contributed by atoms with Gasteiger partial charge in [0.25, 0.3) is 5.91 Å². The highest BCUT2D eigenvalue weighted by Crippen LogP contribution is 2.25. The molecule has 0 saturated carbocycles. The van der Waals surface area contributed by atoms with Crippen molar-refractivity contribution < 1.29 is 9.53 Å². The first-order valence-corrected chi connectivity index (χ1v) is 5.51. The normalized spacial score (nSPS) is 9.83. The second-order valence-corrected chi connectivity index (χ2v) is 3.74. The average molecular weight is 242 g/mol. The molecule has 0 spiro atoms. The molecule has 2 aromatic carbocycles. The molecule has 0 bridgehead atoms. The minimum atomic E-state index is -0.281. The van der Waals surface area contributed by atoms with Crippen molar-refractivity contribution in [1.29, 1.82) is 0 Å². The predicted octanol–water partition coefficient (Wildman–Crippen LogP) is 2.53. The van der Waals surface area contributed by atoms with Crippen LogP contribution in [0.1, 0.15) is 10.4 Å². The molecule has 0 aliphatic rings. The molecule has 0 unspecified atom stereocenters. The fourth-order valence-electron chi connectivity index (χ4n) is 1.68. The molecule has 0 aliphatic heterocycles. The van der Waals surface area contributed by atoms with E-state index in [9.17, 15) is 4.79 Å². The summed E-state index contributed by atoms with van der Waals surface area (Å²) in [5.41, 5.74) is 7.27. The highest BCUT2D eigenvalue weighted by molar-refractivity contribution is 6.09. The Kier molecular flexibility index (Phi) is 3.48. The minimum absolute atomic E-state index is 0.281. The minimum Gasteiger partial charge on any atom is -0.496 e. The van der Waals surface area contributed by atoms with E-state index >= 15 is 0 Å². The van der Waals surface area contributed by atoms with Crippen molar-refractivity contribution in [2.45, 2.75) is 0 Å². The lowest BCUT2D eigenvalue weighted by atomic mass is 10.1. The Balaban J connectivity index is 2.29. The Morgan fingerprint density at radius 2 is 1.83 bits per heavy atom. The van der Waals surface area contributed by atoms with E-state index in [0.29, 0.717) is 22.7 Å². The van der Waals surface area contributed by atoms with Gasteiger partial charge in [-0.1, -0.05) is 24.3 Å². The van der Waals surface area contributed by atoms with Crippen LogP contribution < -0.4 is 15.8 Å². The molecule has 92 valence electrons. The molecule has 2 rings (SSSR count). The Hall–Kier alpha value is -2.49. The molecule has 4 nitrogen and oxygen atoms in total. The van der Waals surface area contributed by atoms with E-state index in [1.807, 2.05) is 30.3 Å². The molecular weight excluding hydrogens is 228 g/mol. The van der Waals surface area contributed by atoms with Crippen molar-refractivity contribution >= 4 is 17.3 Å². The zero-order valence-electron chi connectivity index (χ0n) is 10.0. The number of nitrogen functional groups attached to an aromatic ring is 1. The summed E-state index contributed by atoms with van der Waals surface area (Å²) in [6.07, 6.45) is 0. The molecule has 0 fully saturated rings. The summed E-state index contributed by atoms with van der Waals surface area (Å²) in [5, 5.41) is 2.77. The van der Waals surface area contributed by atoms with Crippen molar-refractivity contribution in [2.24, 2.45) is 0 Å². The number of para-hydroxylation sites is 1. The summed E-state index contributed by atoms with van der Waals surface area (Å²) in [6.45, 7) is 0. The molecule has 0 aromatic heterocycles. The number of benzene rings is 2. The van der Waals surface area contributed by atoms with E-state index in [4.69, 9.17) is 10.5 Å². The topological polar surface area (TPSA) is 64.3 Å². The van der Waals surface area contributed by atoms with Crippen LogP contribution in [0.3, 0.4) is 0 Å². The van der Waals surface area contributed by atoms with Crippen LogP contribution in [0.25, 0.3) is 0 Å². The van der Waals surface area contributed by atoms with Gasteiger partial charge < -0.3 is 15.8 Å². The number of methoxy groups -OCH3 is 1. The van der Waals surface area contributed by atoms with Gasteiger partial charge in [0, 0.05) is 11.4 Å². The highest BCUT2D eigenvalue weighted by Gasteiger charge is 2.15. The van der Waals surface area contributed by atoms with Crippen LogP contribution in [-0.2, 0) is 0 Å². The smallest absolute Gasteiger partial charge is 0.261 e. The Morgan fingerprint density at radius 3 is 2.50 bits per heavy atom. The number of carbonyl (C=O) groups is 1. The SMILES string of the molecule is COc1cccc(N)c1C(=O)Nc1ccccc1. The van der Waals surface area contributed by atoms with E-state index in [1.165, 1.54) is 7.11 Å². The maximum atomic E-state index is 12.1. The first-order chi connectivity index (χ1) is 8.72. The molecule has 0 saturated heterocycles. The lowest BCUT2D eigenvalue weighted by molar-refractivity contribution is 0.102. The van der Waals surface area contributed by atoms with Crippen LogP contribution in [0.2, 0.25) is 0 Å². The van der Waals surface area contributed by atoms with Crippen LogP contribution in [0.15, 0.2) is 48.5 Å². The third kappa shape index (κ3) is 2.43. The first kappa shape index (κ1) is 12.0. The number of nitrogens with two attached hydrogens (primary N) is 1. The third-order valence-electron chi connectivity index (χ3n) is 2.54. The molecule has 0 radical (unpaired) electrons. The summed E-state index contributed by atoms with van der Waals surface area (Å²) in [6, 6.07) is 14.3. The second-order valence-electron chi connectivity index (χ2n) is 3.74. The monoisotopic (exact) mass is 242 g/mol. The van der Waals surface area contributed by atoms with Gasteiger partial charge in [-0.3, -0.25) is 4.79 Å². The lowest BCUT2D eigenvalue weighted by Crippen LogP contribution is -2.15. The van der Waals surface area contributed by atoms with Gasteiger partial charge in [-0.15, -0.1) is 0 Å². The fourth-order valence-corrected chi connectivity index (χ4v) is 1.68. The quantitative estimate of drug-likeness (QED) is 0.813. The van der Waals surface area contributed by atoms with Crippen molar-refractivity contribution in [3.63, 3.8) is 0 Å². The number of hydrogen-bond acceptors (Lipinski definition) is 3. The largest absolute Gasteiger partial charge is 0.496 e. The number of ether oxygens (including phenoxy) is 1. The zero-order valence-corrected chi connectivity index (χ0v) is 10.0. The maximum absolute atomic E-state index is 12.1. The van der Waals surface area contributed by atoms with E-state index < -0.39 is 0 Å². The van der Waals surface area contributed by atoms with E-state index in [-0.39, 0.29) is 5.91 Å². The summed E-state index contributed by atoms with van der Waals surface area (Å²) in [4.78, 5) is 12.1. The lowest BCUT2D eigenvalue weighted by Gasteiger charge is -2.11. The molecule has 18 heavy (non-hydrogen) atoms.